The molecule has 0 aliphatic carbocycles. The molecule has 0 aliphatic heterocycles. The number of aromatic nitrogens is 2. The van der Waals surface area contributed by atoms with Gasteiger partial charge in [-0.1, -0.05) is 0 Å². The summed E-state index contributed by atoms with van der Waals surface area (Å²) in [6.45, 7) is 1.74. The number of carbonyl (C=O) groups excluding carboxylic acids is 1. The van der Waals surface area contributed by atoms with Crippen molar-refractivity contribution in [3.63, 3.8) is 0 Å². The van der Waals surface area contributed by atoms with Crippen LogP contribution in [0.15, 0.2) is 64.2 Å². The number of hydrogen-bond acceptors (Lipinski definition) is 6. The largest absolute Gasteiger partial charge is 0.456 e. The molecule has 0 fully saturated rings. The van der Waals surface area contributed by atoms with Crippen LogP contribution in [0.5, 0.6) is 0 Å². The number of aryl methyl sites for hydroxylation is 1. The first-order chi connectivity index (χ1) is 11.9. The number of amides is 1. The van der Waals surface area contributed by atoms with Crippen LogP contribution >= 0.6 is 0 Å². The summed E-state index contributed by atoms with van der Waals surface area (Å²) in [6, 6.07) is 10.5. The fourth-order valence-electron chi connectivity index (χ4n) is 2.00. The molecule has 2 aromatic heterocycles. The van der Waals surface area contributed by atoms with E-state index in [0.717, 1.165) is 0 Å². The van der Waals surface area contributed by atoms with Crippen molar-refractivity contribution in [3.05, 3.63) is 66.4 Å². The summed E-state index contributed by atoms with van der Waals surface area (Å²) in [4.78, 5) is 19.6. The number of carbonyl (C=O) groups is 1. The molecule has 0 aliphatic rings. The molecule has 3 rings (SSSR count). The Morgan fingerprint density at radius 3 is 2.32 bits per heavy atom. The Morgan fingerprint density at radius 1 is 1.04 bits per heavy atom. The highest BCUT2D eigenvalue weighted by Gasteiger charge is 2.16. The van der Waals surface area contributed by atoms with Gasteiger partial charge < -0.3 is 9.73 Å². The van der Waals surface area contributed by atoms with Crippen LogP contribution in [0.4, 0.5) is 11.6 Å². The smallest absolute Gasteiger partial charge is 0.291 e. The van der Waals surface area contributed by atoms with Crippen LogP contribution in [0.1, 0.15) is 16.3 Å². The normalized spacial score (nSPS) is 11.1. The predicted octanol–water partition coefficient (Wildman–Crippen LogP) is 2.43. The zero-order valence-corrected chi connectivity index (χ0v) is 13.9. The molecule has 8 nitrogen and oxygen atoms in total. The number of rotatable bonds is 5. The minimum atomic E-state index is -3.81. The molecule has 9 heteroatoms. The van der Waals surface area contributed by atoms with Gasteiger partial charge in [0.2, 0.25) is 5.95 Å². The topological polar surface area (TPSA) is 114 Å². The molecule has 1 amide bonds. The Bertz CT molecular complexity index is 982. The van der Waals surface area contributed by atoms with Gasteiger partial charge in [0, 0.05) is 18.1 Å². The molecular formula is C16H14N4O4S. The van der Waals surface area contributed by atoms with Crippen LogP contribution in [-0.4, -0.2) is 24.3 Å². The van der Waals surface area contributed by atoms with Crippen molar-refractivity contribution < 1.29 is 17.6 Å². The van der Waals surface area contributed by atoms with E-state index in [1.807, 2.05) is 0 Å². The lowest BCUT2D eigenvalue weighted by atomic mass is 10.3. The molecule has 128 valence electrons. The van der Waals surface area contributed by atoms with Gasteiger partial charge in [-0.2, -0.15) is 0 Å². The van der Waals surface area contributed by atoms with E-state index in [1.165, 1.54) is 36.7 Å². The quantitative estimate of drug-likeness (QED) is 0.724. The highest BCUT2D eigenvalue weighted by molar-refractivity contribution is 7.92. The van der Waals surface area contributed by atoms with Gasteiger partial charge in [0.25, 0.3) is 15.9 Å². The van der Waals surface area contributed by atoms with Crippen LogP contribution in [0.3, 0.4) is 0 Å². The number of sulfonamides is 1. The van der Waals surface area contributed by atoms with E-state index in [2.05, 4.69) is 20.0 Å². The maximum Gasteiger partial charge on any atom is 0.291 e. The molecule has 3 aromatic rings. The Labute approximate surface area is 144 Å². The van der Waals surface area contributed by atoms with E-state index in [4.69, 9.17) is 4.42 Å². The summed E-state index contributed by atoms with van der Waals surface area (Å²) in [7, 11) is -3.81. The van der Waals surface area contributed by atoms with Crippen LogP contribution < -0.4 is 10.0 Å². The highest BCUT2D eigenvalue weighted by atomic mass is 32.2. The Kier molecular flexibility index (Phi) is 4.48. The molecule has 0 radical (unpaired) electrons. The van der Waals surface area contributed by atoms with Crippen molar-refractivity contribution in [2.75, 3.05) is 10.0 Å². The minimum absolute atomic E-state index is 0.0202. The monoisotopic (exact) mass is 358 g/mol. The first kappa shape index (κ1) is 16.7. The molecule has 0 unspecified atom stereocenters. The third-order valence-corrected chi connectivity index (χ3v) is 4.52. The number of nitrogens with zero attached hydrogens (tertiary/aromatic N) is 2. The lowest BCUT2D eigenvalue weighted by Crippen LogP contribution is -2.15. The second-order valence-corrected chi connectivity index (χ2v) is 6.75. The summed E-state index contributed by atoms with van der Waals surface area (Å²) in [5.41, 5.74) is 0.439. The highest BCUT2D eigenvalue weighted by Crippen LogP contribution is 2.17. The average Bonchev–Trinajstić information content (AvgIpc) is 3.02. The van der Waals surface area contributed by atoms with Gasteiger partial charge in [0.1, 0.15) is 5.76 Å². The van der Waals surface area contributed by atoms with Crippen molar-refractivity contribution in [3.8, 4) is 0 Å². The molecule has 25 heavy (non-hydrogen) atoms. The van der Waals surface area contributed by atoms with Crippen molar-refractivity contribution in [2.24, 2.45) is 0 Å². The van der Waals surface area contributed by atoms with Crippen LogP contribution in [0, 0.1) is 6.92 Å². The predicted molar refractivity (Wildman–Crippen MR) is 90.7 cm³/mol. The van der Waals surface area contributed by atoms with Crippen LogP contribution in [-0.2, 0) is 10.0 Å². The second kappa shape index (κ2) is 6.73. The zero-order valence-electron chi connectivity index (χ0n) is 13.1. The molecule has 0 saturated carbocycles. The first-order valence-electron chi connectivity index (χ1n) is 7.22. The van der Waals surface area contributed by atoms with Crippen LogP contribution in [0.2, 0.25) is 0 Å². The van der Waals surface area contributed by atoms with Gasteiger partial charge in [-0.25, -0.2) is 23.1 Å². The summed E-state index contributed by atoms with van der Waals surface area (Å²) in [6.07, 6.45) is 2.86. The minimum Gasteiger partial charge on any atom is -0.456 e. The molecule has 0 bridgehead atoms. The van der Waals surface area contributed by atoms with Crippen LogP contribution in [0.25, 0.3) is 0 Å². The van der Waals surface area contributed by atoms with E-state index < -0.39 is 15.9 Å². The molecule has 0 atom stereocenters. The first-order valence-corrected chi connectivity index (χ1v) is 8.70. The second-order valence-electron chi connectivity index (χ2n) is 5.07. The lowest BCUT2D eigenvalue weighted by molar-refractivity contribution is 0.0995. The van der Waals surface area contributed by atoms with E-state index >= 15 is 0 Å². The summed E-state index contributed by atoms with van der Waals surface area (Å²) < 4.78 is 32.0. The Hall–Kier alpha value is -3.20. The number of benzene rings is 1. The van der Waals surface area contributed by atoms with Gasteiger partial charge in [-0.3, -0.25) is 4.79 Å². The fourth-order valence-corrected chi connectivity index (χ4v) is 2.96. The fraction of sp³-hybridized carbons (Fsp3) is 0.0625. The number of hydrogen-bond donors (Lipinski definition) is 2. The number of furan rings is 1. The van der Waals surface area contributed by atoms with Crippen molar-refractivity contribution in [1.82, 2.24) is 9.97 Å². The third-order valence-electron chi connectivity index (χ3n) is 3.18. The third kappa shape index (κ3) is 4.01. The van der Waals surface area contributed by atoms with Gasteiger partial charge in [-0.05, 0) is 49.4 Å². The Morgan fingerprint density at radius 2 is 1.72 bits per heavy atom. The van der Waals surface area contributed by atoms with Gasteiger partial charge >= 0.3 is 0 Å². The maximum absolute atomic E-state index is 12.3. The lowest BCUT2D eigenvalue weighted by Gasteiger charge is -2.08. The van der Waals surface area contributed by atoms with E-state index in [0.29, 0.717) is 11.4 Å². The maximum atomic E-state index is 12.3. The molecule has 0 saturated heterocycles. The molecule has 1 aromatic carbocycles. The standard InChI is InChI=1S/C16H14N4O4S/c1-11-3-8-14(24-11)15(21)19-12-4-6-13(7-5-12)25(22,23)20-16-17-9-2-10-18-16/h2-10H,1H3,(H,19,21)(H,17,18,20). The molecule has 2 heterocycles. The number of anilines is 2. The SMILES string of the molecule is Cc1ccc(C(=O)Nc2ccc(S(=O)(=O)Nc3ncccn3)cc2)o1. The summed E-state index contributed by atoms with van der Waals surface area (Å²) in [5.74, 6) is 0.366. The summed E-state index contributed by atoms with van der Waals surface area (Å²) >= 11 is 0. The molecule has 0 spiro atoms. The average molecular weight is 358 g/mol. The van der Waals surface area contributed by atoms with E-state index in [9.17, 15) is 13.2 Å². The molecule has 2 N–H and O–H groups in total. The molecular weight excluding hydrogens is 344 g/mol. The van der Waals surface area contributed by atoms with Crippen molar-refractivity contribution in [1.29, 1.82) is 0 Å². The van der Waals surface area contributed by atoms with E-state index in [1.54, 1.807) is 25.1 Å². The number of nitrogens with one attached hydrogen (secondary N) is 2. The van der Waals surface area contributed by atoms with Crippen molar-refractivity contribution >= 4 is 27.6 Å². The van der Waals surface area contributed by atoms with Gasteiger partial charge in [0.05, 0.1) is 4.90 Å². The van der Waals surface area contributed by atoms with Crippen molar-refractivity contribution in [2.45, 2.75) is 11.8 Å². The Balaban J connectivity index is 1.72. The zero-order chi connectivity index (χ0) is 17.9. The van der Waals surface area contributed by atoms with Gasteiger partial charge in [0.15, 0.2) is 5.76 Å². The summed E-state index contributed by atoms with van der Waals surface area (Å²) in [5, 5.41) is 2.63. The van der Waals surface area contributed by atoms with Gasteiger partial charge in [-0.15, -0.1) is 0 Å². The van der Waals surface area contributed by atoms with E-state index in [-0.39, 0.29) is 16.6 Å².